The first-order chi connectivity index (χ1) is 4.89. The maximum atomic E-state index is 4.02. The molecule has 0 unspecified atom stereocenters. The Morgan fingerprint density at radius 1 is 1.50 bits per heavy atom. The predicted octanol–water partition coefficient (Wildman–Crippen LogP) is 1.97. The Balaban J connectivity index is 3.13. The molecule has 3 heteroatoms. The van der Waals surface area contributed by atoms with E-state index in [0.717, 1.165) is 5.69 Å². The van der Waals surface area contributed by atoms with Crippen LogP contribution < -0.4 is 0 Å². The molecule has 0 N–H and O–H groups in total. The van der Waals surface area contributed by atoms with Gasteiger partial charge >= 0.3 is 0 Å². The highest BCUT2D eigenvalue weighted by molar-refractivity contribution is 7.07. The summed E-state index contributed by atoms with van der Waals surface area (Å²) in [5.41, 5.74) is 0.980. The van der Waals surface area contributed by atoms with Gasteiger partial charge in [-0.3, -0.25) is 0 Å². The highest BCUT2D eigenvalue weighted by Crippen LogP contribution is 1.91. The lowest BCUT2D eigenvalue weighted by molar-refractivity contribution is 1.15. The van der Waals surface area contributed by atoms with Crippen molar-refractivity contribution in [3.8, 4) is 0 Å². The van der Waals surface area contributed by atoms with Gasteiger partial charge in [-0.05, 0) is 18.4 Å². The zero-order chi connectivity index (χ0) is 7.23. The normalized spacial score (nSPS) is 8.50. The van der Waals surface area contributed by atoms with Crippen LogP contribution in [0.2, 0.25) is 0 Å². The van der Waals surface area contributed by atoms with Crippen LogP contribution in [0.5, 0.6) is 0 Å². The quantitative estimate of drug-likeness (QED) is 0.568. The van der Waals surface area contributed by atoms with Gasteiger partial charge in [0.25, 0.3) is 0 Å². The van der Waals surface area contributed by atoms with E-state index in [1.807, 2.05) is 23.8 Å². The maximum Gasteiger partial charge on any atom is 0.115 e. The Kier molecular flexibility index (Phi) is 2.83. The van der Waals surface area contributed by atoms with Gasteiger partial charge in [0.15, 0.2) is 0 Å². The van der Waals surface area contributed by atoms with E-state index in [-0.39, 0.29) is 0 Å². The van der Waals surface area contributed by atoms with Gasteiger partial charge in [0, 0.05) is 17.3 Å². The SMILES string of the molecule is Cc1cscccncn1. The average Bonchev–Trinajstić information content (AvgIpc) is 2.02. The molecule has 0 bridgehead atoms. The topological polar surface area (TPSA) is 25.8 Å². The minimum Gasteiger partial charge on any atom is -0.245 e. The fraction of sp³-hybridized carbons (Fsp3) is 0.143. The monoisotopic (exact) mass is 152 g/mol. The highest BCUT2D eigenvalue weighted by atomic mass is 32.1. The first-order valence-corrected chi connectivity index (χ1v) is 3.87. The van der Waals surface area contributed by atoms with Gasteiger partial charge in [0.2, 0.25) is 0 Å². The third-order valence-electron chi connectivity index (χ3n) is 0.896. The van der Waals surface area contributed by atoms with Gasteiger partial charge in [0.1, 0.15) is 6.33 Å². The van der Waals surface area contributed by atoms with Crippen molar-refractivity contribution in [1.82, 2.24) is 9.97 Å². The van der Waals surface area contributed by atoms with Crippen LogP contribution in [0.4, 0.5) is 0 Å². The fourth-order valence-corrected chi connectivity index (χ4v) is 0.959. The third-order valence-corrected chi connectivity index (χ3v) is 1.69. The van der Waals surface area contributed by atoms with Crippen molar-refractivity contribution in [2.24, 2.45) is 0 Å². The number of hydrogen-bond acceptors (Lipinski definition) is 3. The molecule has 0 fully saturated rings. The lowest BCUT2D eigenvalue weighted by atomic mass is 10.6. The van der Waals surface area contributed by atoms with Crippen molar-refractivity contribution in [2.75, 3.05) is 0 Å². The molecule has 2 nitrogen and oxygen atoms in total. The molecule has 0 aliphatic heterocycles. The molecule has 0 radical (unpaired) electrons. The lowest BCUT2D eigenvalue weighted by Crippen LogP contribution is -1.70. The molecule has 1 heterocycles. The number of hydrogen-bond donors (Lipinski definition) is 0. The summed E-state index contributed by atoms with van der Waals surface area (Å²) in [5.74, 6) is 0. The van der Waals surface area contributed by atoms with Crippen molar-refractivity contribution in [3.63, 3.8) is 0 Å². The second-order valence-electron chi connectivity index (χ2n) is 1.77. The van der Waals surface area contributed by atoms with Crippen LogP contribution in [-0.2, 0) is 0 Å². The molecule has 0 saturated heterocycles. The molecule has 10 heavy (non-hydrogen) atoms. The van der Waals surface area contributed by atoms with E-state index >= 15 is 0 Å². The average molecular weight is 152 g/mol. The summed E-state index contributed by atoms with van der Waals surface area (Å²) < 4.78 is 0. The lowest BCUT2D eigenvalue weighted by Gasteiger charge is -1.75. The van der Waals surface area contributed by atoms with Crippen LogP contribution in [0, 0.1) is 6.92 Å². The van der Waals surface area contributed by atoms with E-state index in [4.69, 9.17) is 0 Å². The van der Waals surface area contributed by atoms with Crippen molar-refractivity contribution in [3.05, 3.63) is 35.0 Å². The summed E-state index contributed by atoms with van der Waals surface area (Å²) in [6.45, 7) is 1.94. The van der Waals surface area contributed by atoms with Crippen LogP contribution >= 0.6 is 11.3 Å². The molecule has 0 saturated carbocycles. The first-order valence-electron chi connectivity index (χ1n) is 2.92. The van der Waals surface area contributed by atoms with E-state index in [9.17, 15) is 0 Å². The van der Waals surface area contributed by atoms with Gasteiger partial charge in [-0.15, -0.1) is 0 Å². The van der Waals surface area contributed by atoms with E-state index < -0.39 is 0 Å². The van der Waals surface area contributed by atoms with E-state index in [0.29, 0.717) is 0 Å². The van der Waals surface area contributed by atoms with Crippen molar-refractivity contribution < 1.29 is 0 Å². The van der Waals surface area contributed by atoms with Crippen LogP contribution in [0.1, 0.15) is 5.69 Å². The van der Waals surface area contributed by atoms with Crippen LogP contribution in [-0.4, -0.2) is 9.97 Å². The Morgan fingerprint density at radius 2 is 2.40 bits per heavy atom. The maximum absolute atomic E-state index is 4.02. The molecular formula is C7H8N2S. The van der Waals surface area contributed by atoms with Crippen molar-refractivity contribution in [2.45, 2.75) is 6.92 Å². The summed E-state index contributed by atoms with van der Waals surface area (Å²) in [5, 5.41) is 3.93. The van der Waals surface area contributed by atoms with Crippen LogP contribution in [0.3, 0.4) is 0 Å². The second kappa shape index (κ2) is 3.95. The van der Waals surface area contributed by atoms with Gasteiger partial charge in [0.05, 0.1) is 0 Å². The molecule has 1 aromatic rings. The summed E-state index contributed by atoms with van der Waals surface area (Å²) in [6, 6.07) is 1.88. The first kappa shape index (κ1) is 7.15. The van der Waals surface area contributed by atoms with E-state index in [2.05, 4.69) is 9.97 Å². The Hall–Kier alpha value is -0.960. The number of rotatable bonds is 0. The molecule has 0 aliphatic carbocycles. The van der Waals surface area contributed by atoms with Crippen molar-refractivity contribution >= 4 is 11.3 Å². The second-order valence-corrected chi connectivity index (χ2v) is 2.55. The molecule has 1 rings (SSSR count). The van der Waals surface area contributed by atoms with Gasteiger partial charge in [-0.2, -0.15) is 11.3 Å². The molecule has 0 amide bonds. The Morgan fingerprint density at radius 3 is 3.30 bits per heavy atom. The molecule has 1 aromatic heterocycles. The summed E-state index contributed by atoms with van der Waals surface area (Å²) in [4.78, 5) is 7.90. The predicted molar refractivity (Wildman–Crippen MR) is 42.3 cm³/mol. The fourth-order valence-electron chi connectivity index (χ4n) is 0.461. The van der Waals surface area contributed by atoms with E-state index in [1.165, 1.54) is 0 Å². The molecule has 0 aromatic carbocycles. The summed E-state index contributed by atoms with van der Waals surface area (Å²) in [6.07, 6.45) is 3.25. The highest BCUT2D eigenvalue weighted by Gasteiger charge is 1.72. The van der Waals surface area contributed by atoms with Crippen LogP contribution in [0.25, 0.3) is 0 Å². The molecule has 0 atom stereocenters. The van der Waals surface area contributed by atoms with E-state index in [1.54, 1.807) is 23.9 Å². The van der Waals surface area contributed by atoms with Gasteiger partial charge < -0.3 is 0 Å². The standard InChI is InChI=1S/C7H8N2S/c1-7-5-10-4-2-3-8-6-9-7/h2-6H,1H3. The minimum atomic E-state index is 0.980. The smallest absolute Gasteiger partial charge is 0.115 e. The van der Waals surface area contributed by atoms with Gasteiger partial charge in [-0.25, -0.2) is 9.97 Å². The molecule has 0 spiro atoms. The molecule has 0 aliphatic rings. The number of aryl methyl sites for hydroxylation is 1. The zero-order valence-corrected chi connectivity index (χ0v) is 6.51. The number of nitrogens with zero attached hydrogens (tertiary/aromatic N) is 2. The zero-order valence-electron chi connectivity index (χ0n) is 5.69. The summed E-state index contributed by atoms with van der Waals surface area (Å²) in [7, 11) is 0. The largest absolute Gasteiger partial charge is 0.245 e. The van der Waals surface area contributed by atoms with Gasteiger partial charge in [-0.1, -0.05) is 0 Å². The van der Waals surface area contributed by atoms with Crippen molar-refractivity contribution in [1.29, 1.82) is 0 Å². The summed E-state index contributed by atoms with van der Waals surface area (Å²) >= 11 is 1.60. The molecule has 52 valence electrons. The minimum absolute atomic E-state index is 0.980. The Labute approximate surface area is 63.9 Å². The molecular weight excluding hydrogens is 144 g/mol. The van der Waals surface area contributed by atoms with Crippen LogP contribution in [0.15, 0.2) is 29.4 Å². The number of aromatic nitrogens is 2. The Bertz CT molecular complexity index is 219. The third kappa shape index (κ3) is 2.55.